The molecule has 0 saturated carbocycles. The molecule has 0 N–H and O–H groups in total. The van der Waals surface area contributed by atoms with Crippen molar-refractivity contribution in [3.63, 3.8) is 0 Å². The first kappa shape index (κ1) is 38.7. The molecule has 3 heteroatoms. The lowest BCUT2D eigenvalue weighted by Gasteiger charge is -2.37. The van der Waals surface area contributed by atoms with Crippen LogP contribution < -0.4 is 0 Å². The van der Waals surface area contributed by atoms with Crippen LogP contribution in [0.25, 0.3) is 0 Å². The summed E-state index contributed by atoms with van der Waals surface area (Å²) in [4.78, 5) is 0. The third-order valence-electron chi connectivity index (χ3n) is 9.01. The second-order valence-electron chi connectivity index (χ2n) is 12.9. The predicted octanol–water partition coefficient (Wildman–Crippen LogP) is 12.2. The highest BCUT2D eigenvalue weighted by Gasteiger charge is 2.38. The van der Waals surface area contributed by atoms with E-state index >= 15 is 0 Å². The molecule has 0 aromatic heterocycles. The first-order valence-corrected chi connectivity index (χ1v) is 19.0. The minimum atomic E-state index is -0.762. The van der Waals surface area contributed by atoms with Crippen molar-refractivity contribution in [3.8, 4) is 0 Å². The lowest BCUT2D eigenvalue weighted by Crippen LogP contribution is -2.37. The van der Waals surface area contributed by atoms with Gasteiger partial charge in [-0.05, 0) is 36.0 Å². The maximum absolute atomic E-state index is 7.08. The molecular formula is C44H64O3. The van der Waals surface area contributed by atoms with E-state index in [9.17, 15) is 0 Å². The Labute approximate surface area is 288 Å². The number of ether oxygens (including phenoxy) is 3. The molecule has 0 aliphatic rings. The Morgan fingerprint density at radius 2 is 0.957 bits per heavy atom. The Morgan fingerprint density at radius 1 is 0.511 bits per heavy atom. The van der Waals surface area contributed by atoms with E-state index in [2.05, 4.69) is 117 Å². The van der Waals surface area contributed by atoms with Crippen LogP contribution in [0.15, 0.2) is 103 Å². The van der Waals surface area contributed by atoms with Crippen molar-refractivity contribution in [2.75, 3.05) is 26.4 Å². The average molecular weight is 641 g/mol. The fraction of sp³-hybridized carbons (Fsp3) is 0.545. The van der Waals surface area contributed by atoms with Crippen LogP contribution in [0.1, 0.15) is 133 Å². The van der Waals surface area contributed by atoms with Gasteiger partial charge in [-0.25, -0.2) is 0 Å². The van der Waals surface area contributed by atoms with E-state index in [1.54, 1.807) is 0 Å². The number of hydrogen-bond donors (Lipinski definition) is 0. The van der Waals surface area contributed by atoms with E-state index in [1.165, 1.54) is 83.5 Å². The molecule has 0 amide bonds. The van der Waals surface area contributed by atoms with Gasteiger partial charge in [-0.15, -0.1) is 0 Å². The van der Waals surface area contributed by atoms with Gasteiger partial charge in [0.1, 0.15) is 11.7 Å². The number of benzene rings is 3. The summed E-state index contributed by atoms with van der Waals surface area (Å²) >= 11 is 0. The summed E-state index contributed by atoms with van der Waals surface area (Å²) in [5.74, 6) is 0. The second kappa shape index (κ2) is 25.3. The highest BCUT2D eigenvalue weighted by Crippen LogP contribution is 2.40. The normalized spacial score (nSPS) is 12.6. The first-order valence-electron chi connectivity index (χ1n) is 19.0. The maximum atomic E-state index is 7.08. The van der Waals surface area contributed by atoms with E-state index in [0.29, 0.717) is 19.8 Å². The molecule has 3 aromatic rings. The molecule has 0 radical (unpaired) electrons. The van der Waals surface area contributed by atoms with Gasteiger partial charge >= 0.3 is 0 Å². The van der Waals surface area contributed by atoms with Gasteiger partial charge in [0.05, 0.1) is 19.8 Å². The second-order valence-corrected chi connectivity index (χ2v) is 12.9. The Morgan fingerprint density at radius 3 is 1.40 bits per heavy atom. The van der Waals surface area contributed by atoms with Gasteiger partial charge in [0.25, 0.3) is 0 Å². The molecule has 258 valence electrons. The minimum absolute atomic E-state index is 0.160. The molecular weight excluding hydrogens is 576 g/mol. The molecule has 0 saturated heterocycles. The molecule has 3 rings (SSSR count). The van der Waals surface area contributed by atoms with E-state index in [-0.39, 0.29) is 6.10 Å². The monoisotopic (exact) mass is 640 g/mol. The lowest BCUT2D eigenvalue weighted by atomic mass is 9.80. The summed E-state index contributed by atoms with van der Waals surface area (Å²) in [6, 6.07) is 31.7. The van der Waals surface area contributed by atoms with Crippen molar-refractivity contribution in [3.05, 3.63) is 120 Å². The van der Waals surface area contributed by atoms with Crippen LogP contribution >= 0.6 is 0 Å². The number of hydrogen-bond acceptors (Lipinski definition) is 3. The summed E-state index contributed by atoms with van der Waals surface area (Å²) < 4.78 is 19.7. The van der Waals surface area contributed by atoms with Crippen molar-refractivity contribution in [2.45, 2.75) is 128 Å². The molecule has 3 nitrogen and oxygen atoms in total. The summed E-state index contributed by atoms with van der Waals surface area (Å²) in [5.41, 5.74) is 2.54. The molecule has 0 fully saturated rings. The van der Waals surface area contributed by atoms with Gasteiger partial charge in [0.15, 0.2) is 0 Å². The van der Waals surface area contributed by atoms with Crippen molar-refractivity contribution < 1.29 is 14.2 Å². The molecule has 47 heavy (non-hydrogen) atoms. The molecule has 0 heterocycles. The predicted molar refractivity (Wildman–Crippen MR) is 200 cm³/mol. The third kappa shape index (κ3) is 14.9. The number of unbranched alkanes of at least 4 members (excludes halogenated alkanes) is 13. The Hall–Kier alpha value is -2.72. The highest BCUT2D eigenvalue weighted by molar-refractivity contribution is 5.47. The first-order chi connectivity index (χ1) is 23.3. The summed E-state index contributed by atoms with van der Waals surface area (Å²) in [7, 11) is 0. The quantitative estimate of drug-likeness (QED) is 0.0449. The summed E-state index contributed by atoms with van der Waals surface area (Å²) in [6.45, 7) is 6.84. The van der Waals surface area contributed by atoms with Crippen LogP contribution in [0, 0.1) is 0 Å². The van der Waals surface area contributed by atoms with Crippen LogP contribution in [0.2, 0.25) is 0 Å². The van der Waals surface area contributed by atoms with Crippen molar-refractivity contribution in [2.24, 2.45) is 0 Å². The van der Waals surface area contributed by atoms with E-state index in [0.717, 1.165) is 42.6 Å². The van der Waals surface area contributed by atoms with Crippen LogP contribution in [0.4, 0.5) is 0 Å². The Kier molecular flexibility index (Phi) is 20.9. The van der Waals surface area contributed by atoms with Crippen molar-refractivity contribution in [1.82, 2.24) is 0 Å². The standard InChI is InChI=1S/C44H64O3/c1-3-5-7-9-10-11-12-13-14-15-16-17-18-28-36-45-38-43(46-37-29-8-6-4-2)39-47-44(40-30-22-19-23-31-40,41-32-24-20-25-33-41)42-34-26-21-27-35-42/h6,8,19-27,30-35,43H,3-5,7,9-18,28-29,36-39H2,1-2H3/t43-/m1/s1. The minimum Gasteiger partial charge on any atom is -0.379 e. The van der Waals surface area contributed by atoms with Crippen LogP contribution in [0.5, 0.6) is 0 Å². The highest BCUT2D eigenvalue weighted by atomic mass is 16.6. The summed E-state index contributed by atoms with van der Waals surface area (Å²) in [5, 5.41) is 0. The summed E-state index contributed by atoms with van der Waals surface area (Å²) in [6.07, 6.45) is 25.3. The van der Waals surface area contributed by atoms with Gasteiger partial charge in [-0.1, -0.05) is 200 Å². The molecule has 0 spiro atoms. The molecule has 0 bridgehead atoms. The van der Waals surface area contributed by atoms with E-state index < -0.39 is 5.60 Å². The average Bonchev–Trinajstić information content (AvgIpc) is 3.12. The zero-order valence-corrected chi connectivity index (χ0v) is 29.8. The number of rotatable bonds is 28. The van der Waals surface area contributed by atoms with Gasteiger partial charge in [0, 0.05) is 6.61 Å². The lowest BCUT2D eigenvalue weighted by molar-refractivity contribution is -0.0909. The van der Waals surface area contributed by atoms with Crippen LogP contribution in [-0.2, 0) is 19.8 Å². The number of allylic oxidation sites excluding steroid dienone is 1. The zero-order chi connectivity index (χ0) is 33.1. The Bertz CT molecular complexity index is 1050. The molecule has 1 atom stereocenters. The third-order valence-corrected chi connectivity index (χ3v) is 9.01. The van der Waals surface area contributed by atoms with Gasteiger partial charge < -0.3 is 14.2 Å². The smallest absolute Gasteiger partial charge is 0.143 e. The van der Waals surface area contributed by atoms with Gasteiger partial charge in [-0.2, -0.15) is 0 Å². The molecule has 0 aliphatic carbocycles. The van der Waals surface area contributed by atoms with Crippen LogP contribution in [-0.4, -0.2) is 32.5 Å². The maximum Gasteiger partial charge on any atom is 0.143 e. The fourth-order valence-corrected chi connectivity index (χ4v) is 6.33. The van der Waals surface area contributed by atoms with E-state index in [1.807, 2.05) is 0 Å². The topological polar surface area (TPSA) is 27.7 Å². The Balaban J connectivity index is 1.50. The fourth-order valence-electron chi connectivity index (χ4n) is 6.33. The molecule has 0 unspecified atom stereocenters. The van der Waals surface area contributed by atoms with Gasteiger partial charge in [0.2, 0.25) is 0 Å². The molecule has 3 aromatic carbocycles. The van der Waals surface area contributed by atoms with Crippen LogP contribution in [0.3, 0.4) is 0 Å². The zero-order valence-electron chi connectivity index (χ0n) is 29.8. The van der Waals surface area contributed by atoms with E-state index in [4.69, 9.17) is 14.2 Å². The molecule has 0 aliphatic heterocycles. The van der Waals surface area contributed by atoms with Crippen molar-refractivity contribution >= 4 is 0 Å². The van der Waals surface area contributed by atoms with Crippen molar-refractivity contribution in [1.29, 1.82) is 0 Å². The van der Waals surface area contributed by atoms with Gasteiger partial charge in [-0.3, -0.25) is 0 Å². The SMILES string of the molecule is CCC=CCCO[C@H](COCCCCCCCCCCCCCCCC)COC(c1ccccc1)(c1ccccc1)c1ccccc1. The largest absolute Gasteiger partial charge is 0.379 e.